The fraction of sp³-hybridized carbons (Fsp3) is 0.556. The number of nitrogens with zero attached hydrogens (tertiary/aromatic N) is 10. The molecule has 94 heavy (non-hydrogen) atoms. The van der Waals surface area contributed by atoms with Crippen molar-refractivity contribution >= 4 is 79.2 Å². The Morgan fingerprint density at radius 1 is 0.862 bits per heavy atom. The van der Waals surface area contributed by atoms with Gasteiger partial charge in [0.05, 0.1) is 56.8 Å². The number of β-amino-alcohol motifs (C(OH)–C–C–N with tert-alkyl or cyclic N) is 1. The van der Waals surface area contributed by atoms with Crippen LogP contribution in [0.5, 0.6) is 0 Å². The number of aliphatic hydroxyl groups is 1. The van der Waals surface area contributed by atoms with E-state index in [0.29, 0.717) is 49.0 Å². The Bertz CT molecular complexity index is 3900. The van der Waals surface area contributed by atoms with Crippen LogP contribution in [-0.2, 0) is 32.1 Å². The molecule has 5 aromatic heterocycles. The van der Waals surface area contributed by atoms with Gasteiger partial charge >= 0.3 is 5.97 Å². The minimum absolute atomic E-state index is 0.0226. The van der Waals surface area contributed by atoms with Crippen LogP contribution in [0.25, 0.3) is 31.8 Å². The first-order valence-corrected chi connectivity index (χ1v) is 35.4. The maximum absolute atomic E-state index is 14.3. The van der Waals surface area contributed by atoms with Crippen LogP contribution in [0.4, 0.5) is 22.6 Å². The number of aliphatic hydroxyl groups excluding tert-OH is 1. The number of anilines is 4. The summed E-state index contributed by atoms with van der Waals surface area (Å²) in [6.45, 7) is 22.5. The molecule has 2 aliphatic heterocycles. The van der Waals surface area contributed by atoms with Gasteiger partial charge in [-0.1, -0.05) is 102 Å². The van der Waals surface area contributed by atoms with Gasteiger partial charge in [-0.2, -0.15) is 5.10 Å². The molecule has 3 amide bonds. The molecule has 500 valence electrons. The summed E-state index contributed by atoms with van der Waals surface area (Å²) in [7, 11) is 2.17. The number of likely N-dealkylation sites (tertiary alicyclic amines) is 1. The highest BCUT2D eigenvalue weighted by Crippen LogP contribution is 2.72. The number of aromatic carboxylic acids is 1. The number of benzene rings is 2. The third-order valence-electron chi connectivity index (χ3n) is 20.7. The van der Waals surface area contributed by atoms with Gasteiger partial charge in [-0.15, -0.1) is 21.5 Å². The van der Waals surface area contributed by atoms with Gasteiger partial charge in [0.2, 0.25) is 17.7 Å². The van der Waals surface area contributed by atoms with Crippen molar-refractivity contribution in [3.05, 3.63) is 106 Å². The van der Waals surface area contributed by atoms with Gasteiger partial charge in [0.15, 0.2) is 22.5 Å². The topological polar surface area (TPSA) is 246 Å². The van der Waals surface area contributed by atoms with Gasteiger partial charge in [0, 0.05) is 67.0 Å². The van der Waals surface area contributed by atoms with Crippen LogP contribution in [0.15, 0.2) is 72.4 Å². The van der Waals surface area contributed by atoms with E-state index in [1.165, 1.54) is 11.3 Å². The Labute approximate surface area is 560 Å². The molecule has 7 heterocycles. The van der Waals surface area contributed by atoms with Crippen LogP contribution in [0.3, 0.4) is 0 Å². The third-order valence-corrected chi connectivity index (χ3v) is 22.6. The average molecular weight is 1320 g/mol. The molecule has 4 saturated carbocycles. The number of carbonyl (C=O) groups excluding carboxylic acids is 3. The van der Waals surface area contributed by atoms with Gasteiger partial charge in [-0.25, -0.2) is 19.7 Å². The van der Waals surface area contributed by atoms with E-state index in [2.05, 4.69) is 69.5 Å². The number of para-hydroxylation sites is 1. The zero-order valence-electron chi connectivity index (χ0n) is 56.3. The minimum Gasteiger partial charge on any atom is -0.476 e. The summed E-state index contributed by atoms with van der Waals surface area (Å²) < 4.78 is 10.4. The number of nitrogens with one attached hydrogen (secondary N) is 3. The van der Waals surface area contributed by atoms with Crippen LogP contribution < -0.4 is 20.9 Å². The van der Waals surface area contributed by atoms with E-state index < -0.39 is 29.6 Å². The number of fused-ring (bicyclic) bond motifs is 2. The van der Waals surface area contributed by atoms with Crippen molar-refractivity contribution in [1.82, 2.24) is 55.4 Å². The Kier molecular flexibility index (Phi) is 19.0. The molecule has 7 aromatic rings. The normalized spacial score (nSPS) is 23.8. The minimum atomic E-state index is -1.10. The zero-order valence-corrected chi connectivity index (χ0v) is 57.9. The molecule has 6 aliphatic rings. The third kappa shape index (κ3) is 14.2. The lowest BCUT2D eigenvalue weighted by molar-refractivity contribution is -0.248. The molecule has 0 spiro atoms. The number of hydrogen-bond donors (Lipinski definition) is 5. The number of carbonyl (C=O) groups is 4. The maximum Gasteiger partial charge on any atom is 0.355 e. The molecule has 6 atom stereocenters. The van der Waals surface area contributed by atoms with Gasteiger partial charge in [0.1, 0.15) is 17.9 Å². The van der Waals surface area contributed by atoms with E-state index in [0.717, 1.165) is 150 Å². The Morgan fingerprint density at radius 3 is 2.33 bits per heavy atom. The van der Waals surface area contributed by atoms with Crippen molar-refractivity contribution in [3.8, 4) is 21.6 Å². The lowest BCUT2D eigenvalue weighted by atomic mass is 9.39. The number of rotatable bonds is 25. The molecule has 4 aliphatic carbocycles. The van der Waals surface area contributed by atoms with Crippen molar-refractivity contribution in [2.24, 2.45) is 21.7 Å². The number of pyridine rings is 1. The predicted molar refractivity (Wildman–Crippen MR) is 369 cm³/mol. The summed E-state index contributed by atoms with van der Waals surface area (Å²) in [4.78, 5) is 75.6. The summed E-state index contributed by atoms with van der Waals surface area (Å²) in [5, 5.41) is 46.1. The van der Waals surface area contributed by atoms with Crippen molar-refractivity contribution in [1.29, 1.82) is 0 Å². The number of carboxylic acid groups (broad SMARTS) is 1. The number of aromatic nitrogens is 7. The molecule has 0 radical (unpaired) electrons. The molecular weight excluding hydrogens is 1220 g/mol. The number of amides is 3. The lowest BCUT2D eigenvalue weighted by Crippen LogP contribution is -2.64. The number of thiazole rings is 2. The molecular formula is C72H93N13O7S2. The Hall–Kier alpha value is -7.24. The fourth-order valence-corrected chi connectivity index (χ4v) is 18.9. The monoisotopic (exact) mass is 1320 g/mol. The van der Waals surface area contributed by atoms with E-state index in [-0.39, 0.29) is 64.3 Å². The summed E-state index contributed by atoms with van der Waals surface area (Å²) in [6, 6.07) is 17.8. The SMILES string of the molecule is Cc1ncsc1-c1ccc([C@H](C)NC(=O)[C@@H]2C[C@@H](O)CN2C(=O)[C@@H](NC(=O)CCCCCCCN(C)CCOC23CC4(C)CC(C)(CC(Cn5ncc(-c6ccc(N7CCCc8c7nnc(Nc7nc9ccccc9s7)c8C)nc6C(=O)O)c5C)(C4)C2)C3)C(C)(C)C)cc1. The molecule has 22 heteroatoms. The summed E-state index contributed by atoms with van der Waals surface area (Å²) >= 11 is 3.16. The van der Waals surface area contributed by atoms with Gasteiger partial charge < -0.3 is 45.6 Å². The molecule has 13 rings (SSSR count). The maximum atomic E-state index is 14.3. The first kappa shape index (κ1) is 66.8. The standard InChI is InChI=1S/C72H93N13O7S2/c1-44-51-19-18-30-83(63(51)81-80-62(44)79-67-76-54-20-15-16-21-56(54)94-67)57-28-27-52(59(77-57)66(90)91)53-34-74-85(47(53)4)42-71-37-69(8)36-70(9,38-71)40-72(39-69,41-71)92-32-31-82(10)29-17-13-11-12-14-22-58(87)78-61(68(5,6)7)65(89)84-35-50(86)33-55(84)64(88)75-45(2)48-23-25-49(26-24-48)60-46(3)73-43-93-60/h15-16,20-21,23-28,34,43,45,50,55,61,86H,11-14,17-19,22,29-33,35-42H2,1-10H3,(H,75,88)(H,78,87)(H,90,91)(H,76,79,80)/t45-,50+,55-,61+,69?,70?,71?,72?/m0/s1. The smallest absolute Gasteiger partial charge is 0.355 e. The number of hydrogen-bond acceptors (Lipinski definition) is 17. The second kappa shape index (κ2) is 26.8. The van der Waals surface area contributed by atoms with Crippen molar-refractivity contribution < 1.29 is 34.1 Å². The van der Waals surface area contributed by atoms with Crippen LogP contribution in [-0.4, -0.2) is 142 Å². The zero-order chi connectivity index (χ0) is 66.5. The molecule has 2 unspecified atom stereocenters. The van der Waals surface area contributed by atoms with Crippen molar-refractivity contribution in [2.45, 2.75) is 195 Å². The molecule has 5 fully saturated rings. The summed E-state index contributed by atoms with van der Waals surface area (Å²) in [6.07, 6.45) is 14.2. The van der Waals surface area contributed by atoms with E-state index in [4.69, 9.17) is 24.9 Å². The van der Waals surface area contributed by atoms with Crippen LogP contribution in [0.1, 0.15) is 176 Å². The number of unbranched alkanes of at least 4 members (excludes halogenated alkanes) is 4. The highest BCUT2D eigenvalue weighted by molar-refractivity contribution is 7.22. The second-order valence-corrected chi connectivity index (χ2v) is 31.8. The van der Waals surface area contributed by atoms with Crippen molar-refractivity contribution in [2.75, 3.05) is 50.1 Å². The van der Waals surface area contributed by atoms with Crippen LogP contribution in [0.2, 0.25) is 0 Å². The predicted octanol–water partition coefficient (Wildman–Crippen LogP) is 12.7. The van der Waals surface area contributed by atoms with Gasteiger partial charge in [-0.05, 0) is 163 Å². The van der Waals surface area contributed by atoms with E-state index in [9.17, 15) is 29.4 Å². The Balaban J connectivity index is 0.598. The van der Waals surface area contributed by atoms with Crippen LogP contribution >= 0.6 is 22.7 Å². The highest BCUT2D eigenvalue weighted by atomic mass is 32.1. The summed E-state index contributed by atoms with van der Waals surface area (Å²) in [5.41, 5.74) is 9.35. The second-order valence-electron chi connectivity index (χ2n) is 29.9. The lowest BCUT2D eigenvalue weighted by Gasteiger charge is -2.69. The fourth-order valence-electron chi connectivity index (χ4n) is 17.2. The number of ether oxygens (including phenoxy) is 1. The number of carboxylic acids is 1. The number of aryl methyl sites for hydroxylation is 1. The molecule has 20 nitrogen and oxygen atoms in total. The first-order valence-electron chi connectivity index (χ1n) is 33.7. The van der Waals surface area contributed by atoms with E-state index in [1.54, 1.807) is 22.7 Å². The highest BCUT2D eigenvalue weighted by Gasteiger charge is 2.66. The van der Waals surface area contributed by atoms with Crippen molar-refractivity contribution in [3.63, 3.8) is 0 Å². The molecule has 4 bridgehead atoms. The average Bonchev–Trinajstić information content (AvgIpc) is 0.813. The molecule has 1 saturated heterocycles. The summed E-state index contributed by atoms with van der Waals surface area (Å²) in [5.74, 6) is -0.134. The number of likely N-dealkylation sites (N-methyl/N-ethyl adjacent to an activating group) is 1. The molecule has 2 aromatic carbocycles. The quantitative estimate of drug-likeness (QED) is 0.0334. The molecule has 5 N–H and O–H groups in total. The Morgan fingerprint density at radius 2 is 1.61 bits per heavy atom. The van der Waals surface area contributed by atoms with E-state index in [1.807, 2.05) is 113 Å². The van der Waals surface area contributed by atoms with Crippen LogP contribution in [0, 0.1) is 42.4 Å². The van der Waals surface area contributed by atoms with E-state index >= 15 is 0 Å². The van der Waals surface area contributed by atoms with Gasteiger partial charge in [-0.3, -0.25) is 19.1 Å². The van der Waals surface area contributed by atoms with Gasteiger partial charge in [0.25, 0.3) is 0 Å². The first-order chi connectivity index (χ1) is 44.8. The largest absolute Gasteiger partial charge is 0.476 e.